The maximum atomic E-state index is 15.4. The highest BCUT2D eigenvalue weighted by Gasteiger charge is 2.48. The zero-order valence-corrected chi connectivity index (χ0v) is 19.4. The second-order valence-corrected chi connectivity index (χ2v) is 9.14. The van der Waals surface area contributed by atoms with Crippen LogP contribution in [0.15, 0.2) is 24.4 Å². The number of nitrogens with one attached hydrogen (secondary N) is 1. The quantitative estimate of drug-likeness (QED) is 0.546. The molecule has 0 radical (unpaired) electrons. The fourth-order valence-electron chi connectivity index (χ4n) is 4.74. The van der Waals surface area contributed by atoms with Gasteiger partial charge in [0.2, 0.25) is 5.88 Å². The Balaban J connectivity index is 1.78. The van der Waals surface area contributed by atoms with Crippen LogP contribution in [-0.2, 0) is 5.67 Å². The smallest absolute Gasteiger partial charge is 0.217 e. The molecule has 0 atom stereocenters. The first-order valence-corrected chi connectivity index (χ1v) is 11.7. The molecular weight excluding hydrogens is 440 g/mol. The molecule has 5 rings (SSSR count). The number of hydrogen-bond donors (Lipinski definition) is 2. The van der Waals surface area contributed by atoms with Crippen LogP contribution in [-0.4, -0.2) is 60.5 Å². The van der Waals surface area contributed by atoms with E-state index in [1.807, 2.05) is 12.1 Å². The van der Waals surface area contributed by atoms with Crippen LogP contribution in [0.25, 0.3) is 22.2 Å². The zero-order valence-electron chi connectivity index (χ0n) is 19.4. The third-order valence-corrected chi connectivity index (χ3v) is 6.85. The second-order valence-electron chi connectivity index (χ2n) is 9.14. The highest BCUT2D eigenvalue weighted by atomic mass is 19.1. The molecule has 3 heterocycles. The van der Waals surface area contributed by atoms with Gasteiger partial charge in [0.15, 0.2) is 17.3 Å². The van der Waals surface area contributed by atoms with Gasteiger partial charge < -0.3 is 20.1 Å². The Kier molecular flexibility index (Phi) is 6.07. The predicted molar refractivity (Wildman–Crippen MR) is 126 cm³/mol. The van der Waals surface area contributed by atoms with Crippen LogP contribution < -0.4 is 15.0 Å². The van der Waals surface area contributed by atoms with E-state index in [0.29, 0.717) is 42.0 Å². The summed E-state index contributed by atoms with van der Waals surface area (Å²) < 4.78 is 36.2. The van der Waals surface area contributed by atoms with E-state index >= 15 is 8.78 Å². The molecular formula is C25H29F2N5O2. The van der Waals surface area contributed by atoms with Crippen LogP contribution in [0.3, 0.4) is 0 Å². The largest absolute Gasteiger partial charge is 0.481 e. The average Bonchev–Trinajstić information content (AvgIpc) is 3.62. The van der Waals surface area contributed by atoms with Gasteiger partial charge in [0.05, 0.1) is 19.4 Å². The van der Waals surface area contributed by atoms with Gasteiger partial charge in [-0.25, -0.2) is 23.7 Å². The van der Waals surface area contributed by atoms with Crippen LogP contribution in [0.2, 0.25) is 0 Å². The fourth-order valence-corrected chi connectivity index (χ4v) is 4.74. The van der Waals surface area contributed by atoms with E-state index in [4.69, 9.17) is 9.72 Å². The number of aliphatic hydroxyl groups excluding tert-OH is 1. The highest BCUT2D eigenvalue weighted by molar-refractivity contribution is 5.96. The van der Waals surface area contributed by atoms with Crippen molar-refractivity contribution in [1.29, 1.82) is 0 Å². The Morgan fingerprint density at radius 3 is 2.68 bits per heavy atom. The van der Waals surface area contributed by atoms with E-state index < -0.39 is 11.5 Å². The third-order valence-electron chi connectivity index (χ3n) is 6.85. The van der Waals surface area contributed by atoms with Crippen LogP contribution in [0.1, 0.15) is 43.0 Å². The minimum Gasteiger partial charge on any atom is -0.481 e. The number of alkyl halides is 1. The van der Waals surface area contributed by atoms with Gasteiger partial charge in [-0.3, -0.25) is 0 Å². The first-order valence-electron chi connectivity index (χ1n) is 11.7. The van der Waals surface area contributed by atoms with Crippen LogP contribution >= 0.6 is 0 Å². The van der Waals surface area contributed by atoms with Gasteiger partial charge in [0.1, 0.15) is 5.52 Å². The number of rotatable bonds is 7. The number of aliphatic hydroxyl groups is 1. The van der Waals surface area contributed by atoms with Crippen molar-refractivity contribution < 1.29 is 18.6 Å². The molecule has 2 N–H and O–H groups in total. The lowest BCUT2D eigenvalue weighted by Crippen LogP contribution is -2.27. The van der Waals surface area contributed by atoms with E-state index in [1.54, 1.807) is 25.3 Å². The number of halogens is 2. The van der Waals surface area contributed by atoms with Crippen molar-refractivity contribution in [3.05, 3.63) is 41.6 Å². The summed E-state index contributed by atoms with van der Waals surface area (Å²) in [5.41, 5.74) is 1.22. The molecule has 0 unspecified atom stereocenters. The zero-order chi connectivity index (χ0) is 23.9. The Morgan fingerprint density at radius 1 is 1.24 bits per heavy atom. The number of hydrogen-bond acceptors (Lipinski definition) is 7. The molecule has 1 aromatic carbocycles. The molecule has 0 spiro atoms. The van der Waals surface area contributed by atoms with Gasteiger partial charge in [0, 0.05) is 42.0 Å². The SMILES string of the molecule is COc1nccc(-c2nc(C3(F)CC3)nc3c(F)cc(N(C)CCO)cc23)c1C1CCNCC1. The van der Waals surface area contributed by atoms with Gasteiger partial charge in [-0.2, -0.15) is 0 Å². The number of fused-ring (bicyclic) bond motifs is 1. The van der Waals surface area contributed by atoms with Gasteiger partial charge in [-0.05, 0) is 62.9 Å². The molecule has 0 amide bonds. The van der Waals surface area contributed by atoms with E-state index in [0.717, 1.165) is 37.1 Å². The lowest BCUT2D eigenvalue weighted by Gasteiger charge is -2.26. The molecule has 7 nitrogen and oxygen atoms in total. The van der Waals surface area contributed by atoms with Crippen LogP contribution in [0.5, 0.6) is 5.88 Å². The number of methoxy groups -OCH3 is 1. The standard InChI is InChI=1S/C25H29F2N5O2/c1-32(11-12-33)16-13-18-21(30-24(25(27)6-7-25)31-22(18)19(26)14-16)17-5-10-29-23(34-2)20(17)15-3-8-28-9-4-15/h5,10,13-15,28,33H,3-4,6-9,11-12H2,1-2H3. The average molecular weight is 470 g/mol. The lowest BCUT2D eigenvalue weighted by atomic mass is 9.86. The Hall–Kier alpha value is -2.91. The summed E-state index contributed by atoms with van der Waals surface area (Å²) in [5.74, 6) is 0.167. The molecule has 1 aliphatic heterocycles. The van der Waals surface area contributed by atoms with Gasteiger partial charge >= 0.3 is 0 Å². The minimum absolute atomic E-state index is 0.0254. The van der Waals surface area contributed by atoms with Gasteiger partial charge in [-0.15, -0.1) is 0 Å². The Morgan fingerprint density at radius 2 is 2.00 bits per heavy atom. The molecule has 34 heavy (non-hydrogen) atoms. The summed E-state index contributed by atoms with van der Waals surface area (Å²) in [6, 6.07) is 5.03. The number of piperidine rings is 1. The topological polar surface area (TPSA) is 83.4 Å². The molecule has 1 saturated heterocycles. The van der Waals surface area contributed by atoms with Crippen molar-refractivity contribution in [2.75, 3.05) is 45.3 Å². The van der Waals surface area contributed by atoms with E-state index in [-0.39, 0.29) is 23.9 Å². The molecule has 2 aliphatic rings. The fraction of sp³-hybridized carbons (Fsp3) is 0.480. The van der Waals surface area contributed by atoms with E-state index in [1.165, 1.54) is 6.07 Å². The second kappa shape index (κ2) is 9.03. The van der Waals surface area contributed by atoms with Crippen molar-refractivity contribution in [3.8, 4) is 17.1 Å². The van der Waals surface area contributed by atoms with Crippen molar-refractivity contribution in [3.63, 3.8) is 0 Å². The first kappa shape index (κ1) is 22.9. The molecule has 1 saturated carbocycles. The Bertz CT molecular complexity index is 1210. The summed E-state index contributed by atoms with van der Waals surface area (Å²) in [7, 11) is 3.37. The summed E-state index contributed by atoms with van der Waals surface area (Å²) in [6.07, 6.45) is 4.11. The summed E-state index contributed by atoms with van der Waals surface area (Å²) in [6.45, 7) is 2.02. The lowest BCUT2D eigenvalue weighted by molar-refractivity contribution is 0.301. The number of likely N-dealkylation sites (N-methyl/N-ethyl adjacent to an activating group) is 1. The number of anilines is 1. The van der Waals surface area contributed by atoms with E-state index in [9.17, 15) is 5.11 Å². The van der Waals surface area contributed by atoms with Crippen molar-refractivity contribution >= 4 is 16.6 Å². The van der Waals surface area contributed by atoms with Crippen LogP contribution in [0.4, 0.5) is 14.5 Å². The highest BCUT2D eigenvalue weighted by Crippen LogP contribution is 2.49. The van der Waals surface area contributed by atoms with Crippen molar-refractivity contribution in [2.45, 2.75) is 37.3 Å². The third kappa shape index (κ3) is 4.07. The molecule has 9 heteroatoms. The summed E-state index contributed by atoms with van der Waals surface area (Å²) in [4.78, 5) is 15.2. The molecule has 3 aromatic rings. The van der Waals surface area contributed by atoms with Crippen molar-refractivity contribution in [2.24, 2.45) is 0 Å². The van der Waals surface area contributed by atoms with Gasteiger partial charge in [0.25, 0.3) is 0 Å². The number of nitrogens with zero attached hydrogens (tertiary/aromatic N) is 4. The maximum Gasteiger partial charge on any atom is 0.217 e. The number of aromatic nitrogens is 3. The number of ether oxygens (including phenoxy) is 1. The molecule has 2 aromatic heterocycles. The number of pyridine rings is 1. The first-order chi connectivity index (χ1) is 16.4. The molecule has 1 aliphatic carbocycles. The van der Waals surface area contributed by atoms with Crippen LogP contribution in [0, 0.1) is 5.82 Å². The normalized spacial score (nSPS) is 17.7. The minimum atomic E-state index is -1.62. The maximum absolute atomic E-state index is 15.4. The summed E-state index contributed by atoms with van der Waals surface area (Å²) in [5, 5.41) is 13.2. The molecule has 180 valence electrons. The number of benzene rings is 1. The molecule has 2 fully saturated rings. The van der Waals surface area contributed by atoms with Crippen molar-refractivity contribution in [1.82, 2.24) is 20.3 Å². The van der Waals surface area contributed by atoms with E-state index in [2.05, 4.69) is 15.3 Å². The monoisotopic (exact) mass is 469 g/mol. The molecule has 0 bridgehead atoms. The Labute approximate surface area is 197 Å². The summed E-state index contributed by atoms with van der Waals surface area (Å²) >= 11 is 0. The predicted octanol–water partition coefficient (Wildman–Crippen LogP) is 3.69. The van der Waals surface area contributed by atoms with Gasteiger partial charge in [-0.1, -0.05) is 0 Å².